The fourth-order valence-corrected chi connectivity index (χ4v) is 3.17. The highest BCUT2D eigenvalue weighted by Crippen LogP contribution is 2.30. The van der Waals surface area contributed by atoms with E-state index in [0.29, 0.717) is 0 Å². The van der Waals surface area contributed by atoms with Gasteiger partial charge in [0.25, 0.3) is 0 Å². The normalized spacial score (nSPS) is 24.4. The lowest BCUT2D eigenvalue weighted by Crippen LogP contribution is -2.40. The second-order valence-corrected chi connectivity index (χ2v) is 6.17. The van der Waals surface area contributed by atoms with Crippen molar-refractivity contribution in [1.29, 1.82) is 0 Å². The lowest BCUT2D eigenvalue weighted by Gasteiger charge is -2.35. The molecule has 0 bridgehead atoms. The third-order valence-electron chi connectivity index (χ3n) is 4.36. The van der Waals surface area contributed by atoms with Crippen LogP contribution in [0.1, 0.15) is 50.7 Å². The summed E-state index contributed by atoms with van der Waals surface area (Å²) in [7, 11) is 0. The molecule has 1 N–H and O–H groups in total. The molecule has 0 amide bonds. The van der Waals surface area contributed by atoms with Gasteiger partial charge in [0.1, 0.15) is 0 Å². The van der Waals surface area contributed by atoms with Crippen LogP contribution in [-0.4, -0.2) is 6.04 Å². The fraction of sp³-hybridized carbons (Fsp3) is 0.647. The highest BCUT2D eigenvalue weighted by atomic mass is 14.9. The van der Waals surface area contributed by atoms with Crippen molar-refractivity contribution >= 4 is 0 Å². The SMILES string of the molecule is Cc1ccc(CNC2CCCCC2C(C)C)cc1. The quantitative estimate of drug-likeness (QED) is 0.834. The molecule has 2 unspecified atom stereocenters. The summed E-state index contributed by atoms with van der Waals surface area (Å²) < 4.78 is 0. The first-order valence-corrected chi connectivity index (χ1v) is 7.46. The monoisotopic (exact) mass is 245 g/mol. The number of nitrogens with one attached hydrogen (secondary N) is 1. The Balaban J connectivity index is 1.89. The lowest BCUT2D eigenvalue weighted by atomic mass is 9.78. The molecule has 1 fully saturated rings. The molecule has 0 spiro atoms. The number of rotatable bonds is 4. The minimum atomic E-state index is 0.722. The molecule has 1 aromatic rings. The summed E-state index contributed by atoms with van der Waals surface area (Å²) in [6, 6.07) is 9.63. The van der Waals surface area contributed by atoms with Gasteiger partial charge in [-0.3, -0.25) is 0 Å². The van der Waals surface area contributed by atoms with Crippen LogP contribution in [0, 0.1) is 18.8 Å². The summed E-state index contributed by atoms with van der Waals surface area (Å²) in [5, 5.41) is 3.79. The molecule has 1 heteroatoms. The van der Waals surface area contributed by atoms with Gasteiger partial charge in [-0.15, -0.1) is 0 Å². The van der Waals surface area contributed by atoms with E-state index in [1.54, 1.807) is 0 Å². The summed E-state index contributed by atoms with van der Waals surface area (Å²) in [5.74, 6) is 1.67. The van der Waals surface area contributed by atoms with Crippen LogP contribution in [0.15, 0.2) is 24.3 Å². The Kier molecular flexibility index (Phi) is 4.82. The average molecular weight is 245 g/mol. The molecule has 2 atom stereocenters. The van der Waals surface area contributed by atoms with Crippen LogP contribution >= 0.6 is 0 Å². The van der Waals surface area contributed by atoms with Crippen LogP contribution < -0.4 is 5.32 Å². The largest absolute Gasteiger partial charge is 0.310 e. The topological polar surface area (TPSA) is 12.0 Å². The predicted octanol–water partition coefficient (Wildman–Crippen LogP) is 4.30. The van der Waals surface area contributed by atoms with Gasteiger partial charge in [0, 0.05) is 12.6 Å². The first-order valence-electron chi connectivity index (χ1n) is 7.46. The van der Waals surface area contributed by atoms with E-state index in [-0.39, 0.29) is 0 Å². The minimum absolute atomic E-state index is 0.722. The maximum absolute atomic E-state index is 3.79. The smallest absolute Gasteiger partial charge is 0.0208 e. The Morgan fingerprint density at radius 3 is 2.44 bits per heavy atom. The van der Waals surface area contributed by atoms with Crippen LogP contribution in [0.3, 0.4) is 0 Å². The van der Waals surface area contributed by atoms with Gasteiger partial charge in [-0.05, 0) is 37.2 Å². The Morgan fingerprint density at radius 2 is 1.78 bits per heavy atom. The van der Waals surface area contributed by atoms with Crippen LogP contribution in [0.5, 0.6) is 0 Å². The number of hydrogen-bond donors (Lipinski definition) is 1. The van der Waals surface area contributed by atoms with E-state index >= 15 is 0 Å². The zero-order valence-electron chi connectivity index (χ0n) is 12.1. The molecule has 0 radical (unpaired) electrons. The molecule has 1 aliphatic carbocycles. The Morgan fingerprint density at radius 1 is 1.11 bits per heavy atom. The predicted molar refractivity (Wildman–Crippen MR) is 78.6 cm³/mol. The molecule has 100 valence electrons. The maximum Gasteiger partial charge on any atom is 0.0208 e. The molecule has 0 heterocycles. The van der Waals surface area contributed by atoms with E-state index < -0.39 is 0 Å². The zero-order valence-corrected chi connectivity index (χ0v) is 12.1. The molecule has 2 rings (SSSR count). The van der Waals surface area contributed by atoms with Crippen molar-refractivity contribution in [2.45, 2.75) is 59.0 Å². The van der Waals surface area contributed by atoms with Gasteiger partial charge < -0.3 is 5.32 Å². The van der Waals surface area contributed by atoms with E-state index in [1.165, 1.54) is 36.8 Å². The highest BCUT2D eigenvalue weighted by molar-refractivity contribution is 5.21. The van der Waals surface area contributed by atoms with Crippen molar-refractivity contribution in [3.63, 3.8) is 0 Å². The third kappa shape index (κ3) is 3.58. The van der Waals surface area contributed by atoms with Crippen molar-refractivity contribution in [3.8, 4) is 0 Å². The molecule has 0 aliphatic heterocycles. The third-order valence-corrected chi connectivity index (χ3v) is 4.36. The zero-order chi connectivity index (χ0) is 13.0. The standard InChI is InChI=1S/C17H27N/c1-13(2)16-6-4-5-7-17(16)18-12-15-10-8-14(3)9-11-15/h8-11,13,16-18H,4-7,12H2,1-3H3. The Labute approximate surface area is 112 Å². The molecular formula is C17H27N. The Hall–Kier alpha value is -0.820. The molecule has 1 saturated carbocycles. The number of hydrogen-bond acceptors (Lipinski definition) is 1. The van der Waals surface area contributed by atoms with E-state index in [0.717, 1.165) is 24.4 Å². The van der Waals surface area contributed by atoms with Crippen LogP contribution in [-0.2, 0) is 6.54 Å². The molecule has 1 aliphatic rings. The molecule has 0 saturated heterocycles. The van der Waals surface area contributed by atoms with Crippen LogP contribution in [0.2, 0.25) is 0 Å². The maximum atomic E-state index is 3.79. The van der Waals surface area contributed by atoms with Gasteiger partial charge in [-0.25, -0.2) is 0 Å². The number of benzene rings is 1. The van der Waals surface area contributed by atoms with E-state index in [2.05, 4.69) is 50.4 Å². The van der Waals surface area contributed by atoms with E-state index in [9.17, 15) is 0 Å². The van der Waals surface area contributed by atoms with Crippen LogP contribution in [0.4, 0.5) is 0 Å². The van der Waals surface area contributed by atoms with Gasteiger partial charge >= 0.3 is 0 Å². The summed E-state index contributed by atoms with van der Waals surface area (Å²) in [5.41, 5.74) is 2.75. The summed E-state index contributed by atoms with van der Waals surface area (Å²) in [6.07, 6.45) is 5.58. The van der Waals surface area contributed by atoms with Gasteiger partial charge in [-0.1, -0.05) is 56.5 Å². The highest BCUT2D eigenvalue weighted by Gasteiger charge is 2.26. The van der Waals surface area contributed by atoms with E-state index in [4.69, 9.17) is 0 Å². The molecule has 1 aromatic carbocycles. The average Bonchev–Trinajstić information content (AvgIpc) is 2.38. The first kappa shape index (κ1) is 13.6. The summed E-state index contributed by atoms with van der Waals surface area (Å²) in [6.45, 7) is 7.91. The van der Waals surface area contributed by atoms with Crippen molar-refractivity contribution in [2.24, 2.45) is 11.8 Å². The second-order valence-electron chi connectivity index (χ2n) is 6.17. The molecule has 1 nitrogen and oxygen atoms in total. The summed E-state index contributed by atoms with van der Waals surface area (Å²) in [4.78, 5) is 0. The van der Waals surface area contributed by atoms with Gasteiger partial charge in [0.2, 0.25) is 0 Å². The molecular weight excluding hydrogens is 218 g/mol. The fourth-order valence-electron chi connectivity index (χ4n) is 3.17. The van der Waals surface area contributed by atoms with Gasteiger partial charge in [0.05, 0.1) is 0 Å². The van der Waals surface area contributed by atoms with Crippen molar-refractivity contribution in [1.82, 2.24) is 5.32 Å². The first-order chi connectivity index (χ1) is 8.66. The summed E-state index contributed by atoms with van der Waals surface area (Å²) >= 11 is 0. The second kappa shape index (κ2) is 6.38. The number of aryl methyl sites for hydroxylation is 1. The van der Waals surface area contributed by atoms with E-state index in [1.807, 2.05) is 0 Å². The van der Waals surface area contributed by atoms with Crippen molar-refractivity contribution in [2.75, 3.05) is 0 Å². The molecule has 0 aromatic heterocycles. The van der Waals surface area contributed by atoms with Crippen LogP contribution in [0.25, 0.3) is 0 Å². The molecule has 18 heavy (non-hydrogen) atoms. The van der Waals surface area contributed by atoms with Crippen molar-refractivity contribution < 1.29 is 0 Å². The minimum Gasteiger partial charge on any atom is -0.310 e. The van der Waals surface area contributed by atoms with Gasteiger partial charge in [0.15, 0.2) is 0 Å². The lowest BCUT2D eigenvalue weighted by molar-refractivity contribution is 0.204. The Bertz CT molecular complexity index is 352. The van der Waals surface area contributed by atoms with Crippen molar-refractivity contribution in [3.05, 3.63) is 35.4 Å². The van der Waals surface area contributed by atoms with Gasteiger partial charge in [-0.2, -0.15) is 0 Å².